The Kier molecular flexibility index (Phi) is 5.63. The first-order chi connectivity index (χ1) is 11.5. The molecule has 2 aromatic rings. The highest BCUT2D eigenvalue weighted by Gasteiger charge is 2.14. The summed E-state index contributed by atoms with van der Waals surface area (Å²) in [5, 5.41) is 2.48. The smallest absolute Gasteiger partial charge is 0.255 e. The van der Waals surface area contributed by atoms with Gasteiger partial charge in [0.15, 0.2) is 11.6 Å². The molecule has 2 rings (SSSR count). The van der Waals surface area contributed by atoms with Crippen LogP contribution < -0.4 is 5.32 Å². The Morgan fingerprint density at radius 2 is 1.50 bits per heavy atom. The molecule has 0 saturated carbocycles. The van der Waals surface area contributed by atoms with Gasteiger partial charge in [0.25, 0.3) is 11.8 Å². The quantitative estimate of drug-likeness (QED) is 0.907. The van der Waals surface area contributed by atoms with Gasteiger partial charge in [-0.2, -0.15) is 0 Å². The van der Waals surface area contributed by atoms with Gasteiger partial charge in [0.1, 0.15) is 0 Å². The summed E-state index contributed by atoms with van der Waals surface area (Å²) < 4.78 is 26.0. The van der Waals surface area contributed by atoms with Crippen molar-refractivity contribution >= 4 is 17.5 Å². The van der Waals surface area contributed by atoms with Gasteiger partial charge >= 0.3 is 0 Å². The summed E-state index contributed by atoms with van der Waals surface area (Å²) >= 11 is 0. The molecule has 0 aliphatic rings. The van der Waals surface area contributed by atoms with E-state index in [1.54, 1.807) is 17.0 Å². The fourth-order valence-electron chi connectivity index (χ4n) is 2.23. The molecule has 6 heteroatoms. The average molecular weight is 332 g/mol. The van der Waals surface area contributed by atoms with Crippen molar-refractivity contribution in [2.45, 2.75) is 13.8 Å². The molecule has 0 unspecified atom stereocenters. The van der Waals surface area contributed by atoms with E-state index >= 15 is 0 Å². The number of rotatable bonds is 5. The zero-order chi connectivity index (χ0) is 17.7. The minimum absolute atomic E-state index is 0.104. The minimum atomic E-state index is -1.03. The predicted octanol–water partition coefficient (Wildman–Crippen LogP) is 3.70. The fraction of sp³-hybridized carbons (Fsp3) is 0.222. The molecular formula is C18H18F2N2O2. The standard InChI is InChI=1S/C18H18F2N2O2/c1-3-22(4-2)18(24)13-7-5-12(6-8-13)17(23)21-14-9-10-15(19)16(20)11-14/h5-11H,3-4H2,1-2H3,(H,21,23). The van der Waals surface area contributed by atoms with Crippen LogP contribution in [0.2, 0.25) is 0 Å². The Morgan fingerprint density at radius 1 is 0.917 bits per heavy atom. The van der Waals surface area contributed by atoms with Crippen molar-refractivity contribution in [3.8, 4) is 0 Å². The Balaban J connectivity index is 2.11. The van der Waals surface area contributed by atoms with E-state index in [0.717, 1.165) is 12.1 Å². The van der Waals surface area contributed by atoms with Gasteiger partial charge in [0.2, 0.25) is 0 Å². The van der Waals surface area contributed by atoms with Gasteiger partial charge in [-0.1, -0.05) is 0 Å². The van der Waals surface area contributed by atoms with E-state index in [2.05, 4.69) is 5.32 Å². The minimum Gasteiger partial charge on any atom is -0.339 e. The van der Waals surface area contributed by atoms with E-state index < -0.39 is 17.5 Å². The molecule has 0 fully saturated rings. The van der Waals surface area contributed by atoms with Crippen LogP contribution in [0.25, 0.3) is 0 Å². The number of carbonyl (C=O) groups excluding carboxylic acids is 2. The van der Waals surface area contributed by atoms with Crippen molar-refractivity contribution in [2.24, 2.45) is 0 Å². The summed E-state index contributed by atoms with van der Waals surface area (Å²) in [6.07, 6.45) is 0. The Labute approximate surface area is 139 Å². The van der Waals surface area contributed by atoms with E-state index in [-0.39, 0.29) is 11.6 Å². The molecule has 4 nitrogen and oxygen atoms in total. The summed E-state index contributed by atoms with van der Waals surface area (Å²) in [6, 6.07) is 9.30. The number of benzene rings is 2. The number of carbonyl (C=O) groups is 2. The number of hydrogen-bond acceptors (Lipinski definition) is 2. The van der Waals surface area contributed by atoms with Gasteiger partial charge in [-0.05, 0) is 50.2 Å². The van der Waals surface area contributed by atoms with Crippen LogP contribution in [0, 0.1) is 11.6 Å². The lowest BCUT2D eigenvalue weighted by atomic mass is 10.1. The predicted molar refractivity (Wildman–Crippen MR) is 88.0 cm³/mol. The van der Waals surface area contributed by atoms with Gasteiger partial charge in [0.05, 0.1) is 0 Å². The average Bonchev–Trinajstić information content (AvgIpc) is 2.59. The molecule has 2 amide bonds. The van der Waals surface area contributed by atoms with Crippen molar-refractivity contribution in [1.29, 1.82) is 0 Å². The number of halogens is 2. The summed E-state index contributed by atoms with van der Waals surface area (Å²) in [5.41, 5.74) is 0.959. The van der Waals surface area contributed by atoms with Gasteiger partial charge in [0, 0.05) is 36.0 Å². The van der Waals surface area contributed by atoms with E-state index in [1.807, 2.05) is 13.8 Å². The van der Waals surface area contributed by atoms with Crippen LogP contribution in [0.4, 0.5) is 14.5 Å². The lowest BCUT2D eigenvalue weighted by Gasteiger charge is -2.18. The molecule has 126 valence electrons. The molecule has 24 heavy (non-hydrogen) atoms. The molecule has 1 N–H and O–H groups in total. The van der Waals surface area contributed by atoms with Crippen LogP contribution in [0.1, 0.15) is 34.6 Å². The van der Waals surface area contributed by atoms with Crippen molar-refractivity contribution in [1.82, 2.24) is 4.90 Å². The van der Waals surface area contributed by atoms with Crippen molar-refractivity contribution < 1.29 is 18.4 Å². The van der Waals surface area contributed by atoms with Crippen LogP contribution in [-0.4, -0.2) is 29.8 Å². The van der Waals surface area contributed by atoms with E-state index in [9.17, 15) is 18.4 Å². The first-order valence-corrected chi connectivity index (χ1v) is 7.62. The maximum Gasteiger partial charge on any atom is 0.255 e. The van der Waals surface area contributed by atoms with E-state index in [1.165, 1.54) is 18.2 Å². The third-order valence-electron chi connectivity index (χ3n) is 3.62. The van der Waals surface area contributed by atoms with Crippen LogP contribution in [0.3, 0.4) is 0 Å². The molecule has 0 atom stereocenters. The number of amides is 2. The van der Waals surface area contributed by atoms with Crippen molar-refractivity contribution in [3.05, 3.63) is 65.2 Å². The zero-order valence-electron chi connectivity index (χ0n) is 13.5. The first-order valence-electron chi connectivity index (χ1n) is 7.62. The van der Waals surface area contributed by atoms with Crippen molar-refractivity contribution in [2.75, 3.05) is 18.4 Å². The van der Waals surface area contributed by atoms with Gasteiger partial charge in [-0.15, -0.1) is 0 Å². The summed E-state index contributed by atoms with van der Waals surface area (Å²) in [4.78, 5) is 26.0. The topological polar surface area (TPSA) is 49.4 Å². The Bertz CT molecular complexity index is 741. The lowest BCUT2D eigenvalue weighted by molar-refractivity contribution is 0.0772. The van der Waals surface area contributed by atoms with Crippen LogP contribution in [0.15, 0.2) is 42.5 Å². The fourth-order valence-corrected chi connectivity index (χ4v) is 2.23. The largest absolute Gasteiger partial charge is 0.339 e. The number of nitrogens with one attached hydrogen (secondary N) is 1. The van der Waals surface area contributed by atoms with E-state index in [0.29, 0.717) is 24.2 Å². The Morgan fingerprint density at radius 3 is 2.04 bits per heavy atom. The van der Waals surface area contributed by atoms with Crippen LogP contribution in [0.5, 0.6) is 0 Å². The number of hydrogen-bond donors (Lipinski definition) is 1. The maximum absolute atomic E-state index is 13.1. The van der Waals surface area contributed by atoms with Gasteiger partial charge < -0.3 is 10.2 Å². The molecular weight excluding hydrogens is 314 g/mol. The highest BCUT2D eigenvalue weighted by molar-refractivity contribution is 6.05. The SMILES string of the molecule is CCN(CC)C(=O)c1ccc(C(=O)Nc2ccc(F)c(F)c2)cc1. The second kappa shape index (κ2) is 7.68. The molecule has 0 bridgehead atoms. The summed E-state index contributed by atoms with van der Waals surface area (Å²) in [7, 11) is 0. The van der Waals surface area contributed by atoms with E-state index in [4.69, 9.17) is 0 Å². The second-order valence-corrected chi connectivity index (χ2v) is 5.14. The van der Waals surface area contributed by atoms with Gasteiger partial charge in [-0.3, -0.25) is 9.59 Å². The zero-order valence-corrected chi connectivity index (χ0v) is 13.5. The Hall–Kier alpha value is -2.76. The number of anilines is 1. The van der Waals surface area contributed by atoms with Gasteiger partial charge in [-0.25, -0.2) is 8.78 Å². The van der Waals surface area contributed by atoms with Crippen LogP contribution >= 0.6 is 0 Å². The van der Waals surface area contributed by atoms with Crippen molar-refractivity contribution in [3.63, 3.8) is 0 Å². The first kappa shape index (κ1) is 17.6. The highest BCUT2D eigenvalue weighted by atomic mass is 19.2. The van der Waals surface area contributed by atoms with Crippen LogP contribution in [-0.2, 0) is 0 Å². The number of nitrogens with zero attached hydrogens (tertiary/aromatic N) is 1. The second-order valence-electron chi connectivity index (χ2n) is 5.14. The summed E-state index contributed by atoms with van der Waals surface area (Å²) in [6.45, 7) is 5.00. The summed E-state index contributed by atoms with van der Waals surface area (Å²) in [5.74, 6) is -2.59. The molecule has 0 spiro atoms. The third kappa shape index (κ3) is 3.95. The molecule has 2 aromatic carbocycles. The molecule has 0 heterocycles. The normalized spacial score (nSPS) is 10.3. The maximum atomic E-state index is 13.1. The molecule has 0 aliphatic heterocycles. The monoisotopic (exact) mass is 332 g/mol. The molecule has 0 aromatic heterocycles. The molecule has 0 saturated heterocycles. The third-order valence-corrected chi connectivity index (χ3v) is 3.62. The lowest BCUT2D eigenvalue weighted by Crippen LogP contribution is -2.30. The molecule has 0 radical (unpaired) electrons. The molecule has 0 aliphatic carbocycles. The highest BCUT2D eigenvalue weighted by Crippen LogP contribution is 2.15.